The summed E-state index contributed by atoms with van der Waals surface area (Å²) in [6.07, 6.45) is 10.0. The van der Waals surface area contributed by atoms with Gasteiger partial charge in [-0.05, 0) is 40.0 Å². The molecular formula is C15H26O. The van der Waals surface area contributed by atoms with E-state index in [0.29, 0.717) is 6.42 Å². The van der Waals surface area contributed by atoms with Crippen molar-refractivity contribution in [3.63, 3.8) is 0 Å². The molecule has 0 amide bonds. The summed E-state index contributed by atoms with van der Waals surface area (Å²) < 4.78 is 0. The Morgan fingerprint density at radius 2 is 1.88 bits per heavy atom. The van der Waals surface area contributed by atoms with E-state index < -0.39 is 5.60 Å². The van der Waals surface area contributed by atoms with Crippen LogP contribution < -0.4 is 0 Å². The van der Waals surface area contributed by atoms with E-state index in [0.717, 1.165) is 19.3 Å². The summed E-state index contributed by atoms with van der Waals surface area (Å²) in [6.45, 7) is 11.8. The Kier molecular flexibility index (Phi) is 7.07. The minimum Gasteiger partial charge on any atom is -0.386 e. The Labute approximate surface area is 101 Å². The SMILES string of the molecule is C=CC(C)(O)C/C(C)=C/CC/C(C)=C/CC. The van der Waals surface area contributed by atoms with Gasteiger partial charge in [0.05, 0.1) is 5.60 Å². The average Bonchev–Trinajstić information content (AvgIpc) is 2.17. The topological polar surface area (TPSA) is 20.2 Å². The van der Waals surface area contributed by atoms with Crippen molar-refractivity contribution in [3.8, 4) is 0 Å². The van der Waals surface area contributed by atoms with E-state index in [1.165, 1.54) is 11.1 Å². The van der Waals surface area contributed by atoms with Crippen molar-refractivity contribution in [3.05, 3.63) is 36.0 Å². The maximum Gasteiger partial charge on any atom is 0.0833 e. The van der Waals surface area contributed by atoms with Crippen LogP contribution in [0.5, 0.6) is 0 Å². The van der Waals surface area contributed by atoms with Crippen LogP contribution in [0, 0.1) is 0 Å². The first-order valence-corrected chi connectivity index (χ1v) is 6.08. The van der Waals surface area contributed by atoms with Gasteiger partial charge in [0.2, 0.25) is 0 Å². The van der Waals surface area contributed by atoms with Gasteiger partial charge in [-0.25, -0.2) is 0 Å². The Morgan fingerprint density at radius 1 is 1.25 bits per heavy atom. The maximum absolute atomic E-state index is 9.82. The van der Waals surface area contributed by atoms with Gasteiger partial charge in [-0.1, -0.05) is 36.3 Å². The van der Waals surface area contributed by atoms with Crippen LogP contribution in [0.3, 0.4) is 0 Å². The molecule has 16 heavy (non-hydrogen) atoms. The normalized spacial score (nSPS) is 17.1. The number of aliphatic hydroxyl groups is 1. The molecule has 0 spiro atoms. The third kappa shape index (κ3) is 7.47. The minimum absolute atomic E-state index is 0.674. The summed E-state index contributed by atoms with van der Waals surface area (Å²) in [4.78, 5) is 0. The lowest BCUT2D eigenvalue weighted by Gasteiger charge is -2.18. The molecule has 0 bridgehead atoms. The van der Waals surface area contributed by atoms with E-state index in [2.05, 4.69) is 39.5 Å². The van der Waals surface area contributed by atoms with E-state index in [-0.39, 0.29) is 0 Å². The van der Waals surface area contributed by atoms with Crippen molar-refractivity contribution in [1.82, 2.24) is 0 Å². The number of hydrogen-bond acceptors (Lipinski definition) is 1. The minimum atomic E-state index is -0.769. The van der Waals surface area contributed by atoms with Crippen molar-refractivity contribution < 1.29 is 5.11 Å². The summed E-state index contributed by atoms with van der Waals surface area (Å²) in [5.41, 5.74) is 1.91. The molecule has 1 heteroatoms. The molecule has 1 N–H and O–H groups in total. The highest BCUT2D eigenvalue weighted by atomic mass is 16.3. The molecular weight excluding hydrogens is 196 g/mol. The van der Waals surface area contributed by atoms with Crippen molar-refractivity contribution >= 4 is 0 Å². The predicted octanol–water partition coefficient (Wildman–Crippen LogP) is 4.40. The van der Waals surface area contributed by atoms with Gasteiger partial charge in [0.1, 0.15) is 0 Å². The van der Waals surface area contributed by atoms with Crippen LogP contribution in [0.2, 0.25) is 0 Å². The molecule has 0 heterocycles. The molecule has 0 aromatic rings. The highest BCUT2D eigenvalue weighted by molar-refractivity contribution is 5.09. The molecule has 0 aliphatic carbocycles. The summed E-state index contributed by atoms with van der Waals surface area (Å²) in [6, 6.07) is 0. The first-order valence-electron chi connectivity index (χ1n) is 6.08. The van der Waals surface area contributed by atoms with Gasteiger partial charge in [-0.3, -0.25) is 0 Å². The lowest BCUT2D eigenvalue weighted by Crippen LogP contribution is -2.20. The summed E-state index contributed by atoms with van der Waals surface area (Å²) in [7, 11) is 0. The molecule has 0 rings (SSSR count). The molecule has 0 saturated carbocycles. The lowest BCUT2D eigenvalue weighted by molar-refractivity contribution is 0.112. The zero-order valence-corrected chi connectivity index (χ0v) is 11.2. The van der Waals surface area contributed by atoms with Crippen LogP contribution in [-0.4, -0.2) is 10.7 Å². The van der Waals surface area contributed by atoms with Gasteiger partial charge in [-0.2, -0.15) is 0 Å². The second-order valence-corrected chi connectivity index (χ2v) is 4.79. The summed E-state index contributed by atoms with van der Waals surface area (Å²) >= 11 is 0. The van der Waals surface area contributed by atoms with Crippen molar-refractivity contribution in [1.29, 1.82) is 0 Å². The molecule has 0 radical (unpaired) electrons. The highest BCUT2D eigenvalue weighted by Gasteiger charge is 2.14. The molecule has 92 valence electrons. The third-order valence-corrected chi connectivity index (χ3v) is 2.66. The van der Waals surface area contributed by atoms with Crippen molar-refractivity contribution in [2.24, 2.45) is 0 Å². The first kappa shape index (κ1) is 15.2. The van der Waals surface area contributed by atoms with E-state index in [9.17, 15) is 5.11 Å². The Hall–Kier alpha value is -0.820. The van der Waals surface area contributed by atoms with E-state index in [1.807, 2.05) is 0 Å². The van der Waals surface area contributed by atoms with Crippen LogP contribution in [0.4, 0.5) is 0 Å². The molecule has 0 aliphatic heterocycles. The van der Waals surface area contributed by atoms with E-state index >= 15 is 0 Å². The van der Waals surface area contributed by atoms with Gasteiger partial charge in [0.25, 0.3) is 0 Å². The summed E-state index contributed by atoms with van der Waals surface area (Å²) in [5, 5.41) is 9.82. The average molecular weight is 222 g/mol. The van der Waals surface area contributed by atoms with E-state index in [4.69, 9.17) is 0 Å². The Balaban J connectivity index is 4.06. The quantitative estimate of drug-likeness (QED) is 0.633. The van der Waals surface area contributed by atoms with Gasteiger partial charge in [0.15, 0.2) is 0 Å². The van der Waals surface area contributed by atoms with Gasteiger partial charge < -0.3 is 5.11 Å². The van der Waals surface area contributed by atoms with Crippen molar-refractivity contribution in [2.75, 3.05) is 0 Å². The predicted molar refractivity (Wildman–Crippen MR) is 72.5 cm³/mol. The van der Waals surface area contributed by atoms with Crippen LogP contribution >= 0.6 is 0 Å². The fourth-order valence-electron chi connectivity index (χ4n) is 1.71. The molecule has 1 nitrogen and oxygen atoms in total. The molecule has 0 aliphatic rings. The molecule has 0 saturated heterocycles. The molecule has 1 unspecified atom stereocenters. The van der Waals surface area contributed by atoms with Crippen LogP contribution in [0.15, 0.2) is 36.0 Å². The maximum atomic E-state index is 9.82. The largest absolute Gasteiger partial charge is 0.386 e. The molecule has 0 aromatic heterocycles. The Morgan fingerprint density at radius 3 is 2.38 bits per heavy atom. The summed E-state index contributed by atoms with van der Waals surface area (Å²) in [5.74, 6) is 0. The third-order valence-electron chi connectivity index (χ3n) is 2.66. The van der Waals surface area contributed by atoms with Gasteiger partial charge in [-0.15, -0.1) is 6.58 Å². The molecule has 1 atom stereocenters. The van der Waals surface area contributed by atoms with Crippen molar-refractivity contribution in [2.45, 2.75) is 59.0 Å². The van der Waals surface area contributed by atoms with Gasteiger partial charge in [0, 0.05) is 6.42 Å². The van der Waals surface area contributed by atoms with Crippen LogP contribution in [0.1, 0.15) is 53.4 Å². The highest BCUT2D eigenvalue weighted by Crippen LogP contribution is 2.18. The zero-order valence-electron chi connectivity index (χ0n) is 11.2. The lowest BCUT2D eigenvalue weighted by atomic mass is 9.96. The van der Waals surface area contributed by atoms with Gasteiger partial charge >= 0.3 is 0 Å². The van der Waals surface area contributed by atoms with E-state index in [1.54, 1.807) is 13.0 Å². The molecule has 0 aromatic carbocycles. The second-order valence-electron chi connectivity index (χ2n) is 4.79. The standard InChI is InChI=1S/C15H26O/c1-6-9-13(3)10-8-11-14(4)12-15(5,16)7-2/h7,9,11,16H,2,6,8,10,12H2,1,3-5H3/b13-9+,14-11+. The Bertz CT molecular complexity index is 269. The van der Waals surface area contributed by atoms with Crippen LogP contribution in [-0.2, 0) is 0 Å². The number of hydrogen-bond donors (Lipinski definition) is 1. The first-order chi connectivity index (χ1) is 7.41. The molecule has 0 fully saturated rings. The fourth-order valence-corrected chi connectivity index (χ4v) is 1.71. The second kappa shape index (κ2) is 7.45. The van der Waals surface area contributed by atoms with Crippen LogP contribution in [0.25, 0.3) is 0 Å². The monoisotopic (exact) mass is 222 g/mol. The number of rotatable bonds is 7. The number of allylic oxidation sites excluding steroid dienone is 3. The fraction of sp³-hybridized carbons (Fsp3) is 0.600. The smallest absolute Gasteiger partial charge is 0.0833 e. The zero-order chi connectivity index (χ0) is 12.6.